The van der Waals surface area contributed by atoms with E-state index in [0.717, 1.165) is 11.3 Å². The summed E-state index contributed by atoms with van der Waals surface area (Å²) in [5, 5.41) is 3.76. The van der Waals surface area contributed by atoms with Gasteiger partial charge in [0.2, 0.25) is 0 Å². The Hall–Kier alpha value is -0.900. The van der Waals surface area contributed by atoms with E-state index in [0.29, 0.717) is 11.4 Å². The average Bonchev–Trinajstić information content (AvgIpc) is 2.23. The molecule has 0 aliphatic rings. The van der Waals surface area contributed by atoms with Gasteiger partial charge in [-0.15, -0.1) is 0 Å². The Kier molecular flexibility index (Phi) is 5.32. The summed E-state index contributed by atoms with van der Waals surface area (Å²) >= 11 is 6.10. The van der Waals surface area contributed by atoms with Gasteiger partial charge in [-0.05, 0) is 38.3 Å². The molecule has 1 aromatic carbocycles. The quantitative estimate of drug-likeness (QED) is 0.783. The van der Waals surface area contributed by atoms with E-state index >= 15 is 0 Å². The van der Waals surface area contributed by atoms with E-state index in [9.17, 15) is 13.2 Å². The molecule has 0 amide bonds. The van der Waals surface area contributed by atoms with Crippen molar-refractivity contribution in [3.63, 3.8) is 0 Å². The van der Waals surface area contributed by atoms with Crippen LogP contribution in [0.25, 0.3) is 0 Å². The lowest BCUT2D eigenvalue weighted by Gasteiger charge is -2.17. The molecular weight excluding hydrogens is 263 g/mol. The van der Waals surface area contributed by atoms with E-state index in [4.69, 9.17) is 11.6 Å². The summed E-state index contributed by atoms with van der Waals surface area (Å²) in [5.41, 5.74) is 1.72. The zero-order valence-electron chi connectivity index (χ0n) is 10.4. The third-order valence-corrected chi connectivity index (χ3v) is 3.19. The number of hydrogen-bond donors (Lipinski definition) is 1. The van der Waals surface area contributed by atoms with E-state index in [1.807, 2.05) is 32.0 Å². The molecule has 1 nitrogen and oxygen atoms in total. The predicted octanol–water partition coefficient (Wildman–Crippen LogP) is 5.18. The summed E-state index contributed by atoms with van der Waals surface area (Å²) in [4.78, 5) is 0. The molecule has 1 aromatic rings. The maximum atomic E-state index is 12.0. The first kappa shape index (κ1) is 15.2. The van der Waals surface area contributed by atoms with Crippen LogP contribution in [0.4, 0.5) is 18.9 Å². The van der Waals surface area contributed by atoms with Crippen LogP contribution < -0.4 is 5.32 Å². The van der Waals surface area contributed by atoms with Gasteiger partial charge < -0.3 is 5.32 Å². The lowest BCUT2D eigenvalue weighted by Crippen LogP contribution is -2.17. The van der Waals surface area contributed by atoms with Crippen LogP contribution >= 0.6 is 11.6 Å². The summed E-state index contributed by atoms with van der Waals surface area (Å²) in [7, 11) is 0. The molecule has 0 spiro atoms. The molecule has 0 fully saturated rings. The number of hydrogen-bond acceptors (Lipinski definition) is 1. The topological polar surface area (TPSA) is 12.0 Å². The molecule has 0 bridgehead atoms. The highest BCUT2D eigenvalue weighted by atomic mass is 35.5. The molecule has 0 radical (unpaired) electrons. The summed E-state index contributed by atoms with van der Waals surface area (Å²) in [6.07, 6.45) is -4.22. The van der Waals surface area contributed by atoms with E-state index in [-0.39, 0.29) is 12.5 Å². The first-order valence-corrected chi connectivity index (χ1v) is 6.26. The summed E-state index contributed by atoms with van der Waals surface area (Å²) in [6, 6.07) is 5.55. The third kappa shape index (κ3) is 5.17. The molecule has 0 heterocycles. The van der Waals surface area contributed by atoms with Gasteiger partial charge in [0.15, 0.2) is 0 Å². The van der Waals surface area contributed by atoms with Gasteiger partial charge in [0.05, 0.1) is 10.7 Å². The monoisotopic (exact) mass is 279 g/mol. The lowest BCUT2D eigenvalue weighted by atomic mass is 10.1. The van der Waals surface area contributed by atoms with E-state index in [1.54, 1.807) is 0 Å². The highest BCUT2D eigenvalue weighted by Gasteiger charge is 2.26. The van der Waals surface area contributed by atoms with Gasteiger partial charge in [0.1, 0.15) is 0 Å². The second-order valence-electron chi connectivity index (χ2n) is 4.49. The second kappa shape index (κ2) is 6.32. The molecule has 0 aliphatic heterocycles. The summed E-state index contributed by atoms with van der Waals surface area (Å²) < 4.78 is 36.0. The van der Waals surface area contributed by atoms with Gasteiger partial charge in [-0.3, -0.25) is 0 Å². The molecule has 0 saturated carbocycles. The van der Waals surface area contributed by atoms with Gasteiger partial charge in [0.25, 0.3) is 0 Å². The maximum Gasteiger partial charge on any atom is 0.389 e. The predicted molar refractivity (Wildman–Crippen MR) is 69.2 cm³/mol. The zero-order valence-corrected chi connectivity index (χ0v) is 11.2. The van der Waals surface area contributed by atoms with Crippen LogP contribution in [0, 0.1) is 6.92 Å². The zero-order chi connectivity index (χ0) is 13.8. The van der Waals surface area contributed by atoms with Gasteiger partial charge in [-0.1, -0.05) is 23.7 Å². The fraction of sp³-hybridized carbons (Fsp3) is 0.538. The molecule has 18 heavy (non-hydrogen) atoms. The van der Waals surface area contributed by atoms with Gasteiger partial charge in [0, 0.05) is 12.5 Å². The first-order valence-electron chi connectivity index (χ1n) is 5.88. The molecular formula is C13H17ClF3N. The number of halogens is 4. The van der Waals surface area contributed by atoms with Crippen molar-refractivity contribution in [1.29, 1.82) is 0 Å². The van der Waals surface area contributed by atoms with Crippen LogP contribution in [0.5, 0.6) is 0 Å². The summed E-state index contributed by atoms with van der Waals surface area (Å²) in [6.45, 7) is 3.75. The lowest BCUT2D eigenvalue weighted by molar-refractivity contribution is -0.135. The molecule has 102 valence electrons. The normalized spacial score (nSPS) is 13.4. The Morgan fingerprint density at radius 1 is 1.33 bits per heavy atom. The minimum atomic E-state index is -4.07. The molecule has 1 N–H and O–H groups in total. The smallest absolute Gasteiger partial charge is 0.381 e. The number of rotatable bonds is 5. The molecule has 1 rings (SSSR count). The molecule has 0 aliphatic carbocycles. The van der Waals surface area contributed by atoms with Gasteiger partial charge in [-0.2, -0.15) is 13.2 Å². The first-order chi connectivity index (χ1) is 8.29. The van der Waals surface area contributed by atoms with Crippen molar-refractivity contribution in [2.75, 3.05) is 5.32 Å². The maximum absolute atomic E-state index is 12.0. The fourth-order valence-corrected chi connectivity index (χ4v) is 1.89. The molecule has 0 aromatic heterocycles. The van der Waals surface area contributed by atoms with Crippen LogP contribution in [-0.4, -0.2) is 12.2 Å². The SMILES string of the molecule is Cc1cccc(NC(C)CCCC(F)(F)F)c1Cl. The highest BCUT2D eigenvalue weighted by molar-refractivity contribution is 6.34. The number of benzene rings is 1. The Morgan fingerprint density at radius 3 is 2.61 bits per heavy atom. The van der Waals surface area contributed by atoms with Crippen molar-refractivity contribution in [3.8, 4) is 0 Å². The molecule has 1 unspecified atom stereocenters. The minimum absolute atomic E-state index is 0.0355. The Bertz CT molecular complexity index is 390. The van der Waals surface area contributed by atoms with Crippen LogP contribution in [-0.2, 0) is 0 Å². The van der Waals surface area contributed by atoms with Crippen molar-refractivity contribution in [2.24, 2.45) is 0 Å². The Morgan fingerprint density at radius 2 is 2.00 bits per heavy atom. The number of aryl methyl sites for hydroxylation is 1. The summed E-state index contributed by atoms with van der Waals surface area (Å²) in [5.74, 6) is 0. The van der Waals surface area contributed by atoms with Crippen molar-refractivity contribution in [3.05, 3.63) is 28.8 Å². The Balaban J connectivity index is 2.45. The van der Waals surface area contributed by atoms with Gasteiger partial charge >= 0.3 is 6.18 Å². The second-order valence-corrected chi connectivity index (χ2v) is 4.87. The van der Waals surface area contributed by atoms with Crippen molar-refractivity contribution in [1.82, 2.24) is 0 Å². The van der Waals surface area contributed by atoms with E-state index < -0.39 is 12.6 Å². The number of alkyl halides is 3. The van der Waals surface area contributed by atoms with E-state index in [2.05, 4.69) is 5.32 Å². The molecule has 5 heteroatoms. The van der Waals surface area contributed by atoms with Crippen LogP contribution in [0.2, 0.25) is 5.02 Å². The molecule has 0 saturated heterocycles. The van der Waals surface area contributed by atoms with E-state index in [1.165, 1.54) is 0 Å². The standard InChI is InChI=1S/C13H17ClF3N/c1-9-5-3-7-11(12(9)14)18-10(2)6-4-8-13(15,16)17/h3,5,7,10,18H,4,6,8H2,1-2H3. The highest BCUT2D eigenvalue weighted by Crippen LogP contribution is 2.27. The Labute approximate surface area is 110 Å². The minimum Gasteiger partial charge on any atom is -0.381 e. The fourth-order valence-electron chi connectivity index (χ4n) is 1.71. The van der Waals surface area contributed by atoms with Crippen molar-refractivity contribution < 1.29 is 13.2 Å². The van der Waals surface area contributed by atoms with Crippen molar-refractivity contribution in [2.45, 2.75) is 45.3 Å². The van der Waals surface area contributed by atoms with Gasteiger partial charge in [-0.25, -0.2) is 0 Å². The van der Waals surface area contributed by atoms with Crippen LogP contribution in [0.3, 0.4) is 0 Å². The number of anilines is 1. The van der Waals surface area contributed by atoms with Crippen LogP contribution in [0.1, 0.15) is 31.7 Å². The van der Waals surface area contributed by atoms with Crippen molar-refractivity contribution >= 4 is 17.3 Å². The average molecular weight is 280 g/mol. The molecule has 1 atom stereocenters. The largest absolute Gasteiger partial charge is 0.389 e. The van der Waals surface area contributed by atoms with Crippen LogP contribution in [0.15, 0.2) is 18.2 Å². The third-order valence-electron chi connectivity index (χ3n) is 2.69. The number of nitrogens with one attached hydrogen (secondary N) is 1.